The van der Waals surface area contributed by atoms with Gasteiger partial charge < -0.3 is 10.6 Å². The molecular formula is C23H22N6OS. The third-order valence-corrected chi connectivity index (χ3v) is 5.38. The highest BCUT2D eigenvalue weighted by Crippen LogP contribution is 2.23. The lowest BCUT2D eigenvalue weighted by molar-refractivity contribution is -0.113. The summed E-state index contributed by atoms with van der Waals surface area (Å²) in [6.07, 6.45) is 1.64. The van der Waals surface area contributed by atoms with Crippen LogP contribution in [-0.4, -0.2) is 31.4 Å². The number of aromatic nitrogens is 4. The first-order chi connectivity index (χ1) is 15.2. The Bertz CT molecular complexity index is 1150. The van der Waals surface area contributed by atoms with E-state index in [-0.39, 0.29) is 11.7 Å². The number of anilines is 2. The van der Waals surface area contributed by atoms with Gasteiger partial charge in [-0.25, -0.2) is 4.98 Å². The van der Waals surface area contributed by atoms with Gasteiger partial charge in [0.25, 0.3) is 0 Å². The van der Waals surface area contributed by atoms with Crippen LogP contribution in [0.2, 0.25) is 0 Å². The Labute approximate surface area is 184 Å². The second-order valence-corrected chi connectivity index (χ2v) is 7.79. The molecule has 0 unspecified atom stereocenters. The topological polar surface area (TPSA) is 84.7 Å². The van der Waals surface area contributed by atoms with Crippen LogP contribution in [0.3, 0.4) is 0 Å². The first-order valence-electron chi connectivity index (χ1n) is 9.83. The molecule has 0 spiro atoms. The normalized spacial score (nSPS) is 10.6. The maximum Gasteiger partial charge on any atom is 0.236 e. The van der Waals surface area contributed by atoms with E-state index in [1.165, 1.54) is 17.3 Å². The first kappa shape index (κ1) is 20.6. The number of pyridine rings is 1. The van der Waals surface area contributed by atoms with Gasteiger partial charge in [0.15, 0.2) is 11.0 Å². The second kappa shape index (κ2) is 9.90. The summed E-state index contributed by atoms with van der Waals surface area (Å²) in [5.41, 5.74) is 3.15. The number of benzene rings is 2. The summed E-state index contributed by atoms with van der Waals surface area (Å²) in [4.78, 5) is 16.5. The lowest BCUT2D eigenvalue weighted by Crippen LogP contribution is -2.15. The third kappa shape index (κ3) is 5.49. The van der Waals surface area contributed by atoms with Crippen LogP contribution in [0.1, 0.15) is 11.4 Å². The molecule has 2 N–H and O–H groups in total. The zero-order valence-corrected chi connectivity index (χ0v) is 17.8. The van der Waals surface area contributed by atoms with Crippen molar-refractivity contribution in [3.63, 3.8) is 0 Å². The molecule has 8 heteroatoms. The minimum absolute atomic E-state index is 0.147. The van der Waals surface area contributed by atoms with Gasteiger partial charge in [-0.2, -0.15) is 0 Å². The average Bonchev–Trinajstić information content (AvgIpc) is 3.20. The molecule has 31 heavy (non-hydrogen) atoms. The number of nitrogens with one attached hydrogen (secondary N) is 2. The predicted molar refractivity (Wildman–Crippen MR) is 123 cm³/mol. The highest BCUT2D eigenvalue weighted by molar-refractivity contribution is 7.99. The van der Waals surface area contributed by atoms with Gasteiger partial charge >= 0.3 is 0 Å². The van der Waals surface area contributed by atoms with Gasteiger partial charge in [0.05, 0.1) is 12.3 Å². The molecule has 0 aliphatic rings. The summed E-state index contributed by atoms with van der Waals surface area (Å²) in [5, 5.41) is 15.6. The van der Waals surface area contributed by atoms with E-state index in [1.54, 1.807) is 18.3 Å². The molecule has 2 aromatic carbocycles. The van der Waals surface area contributed by atoms with Crippen molar-refractivity contribution in [3.05, 3.63) is 90.4 Å². The molecule has 0 radical (unpaired) electrons. The van der Waals surface area contributed by atoms with Crippen molar-refractivity contribution < 1.29 is 4.79 Å². The number of hydrogen-bond donors (Lipinski definition) is 2. The van der Waals surface area contributed by atoms with Crippen LogP contribution in [0, 0.1) is 6.92 Å². The molecule has 0 bridgehead atoms. The van der Waals surface area contributed by atoms with Crippen LogP contribution in [0.5, 0.6) is 0 Å². The average molecular weight is 431 g/mol. The largest absolute Gasteiger partial charge is 0.378 e. The second-order valence-electron chi connectivity index (χ2n) is 6.84. The molecule has 4 aromatic rings. The molecule has 0 saturated heterocycles. The first-order valence-corrected chi connectivity index (χ1v) is 10.8. The molecule has 0 saturated carbocycles. The molecule has 0 aliphatic heterocycles. The lowest BCUT2D eigenvalue weighted by atomic mass is 10.2. The van der Waals surface area contributed by atoms with Crippen LogP contribution in [-0.2, 0) is 11.3 Å². The molecule has 0 fully saturated rings. The van der Waals surface area contributed by atoms with Crippen molar-refractivity contribution >= 4 is 29.2 Å². The predicted octanol–water partition coefficient (Wildman–Crippen LogP) is 4.31. The van der Waals surface area contributed by atoms with E-state index in [0.29, 0.717) is 17.5 Å². The van der Waals surface area contributed by atoms with Gasteiger partial charge in [0.1, 0.15) is 5.82 Å². The molecule has 0 atom stereocenters. The monoisotopic (exact) mass is 430 g/mol. The number of amides is 1. The van der Waals surface area contributed by atoms with Crippen LogP contribution in [0.15, 0.2) is 84.1 Å². The quantitative estimate of drug-likeness (QED) is 0.405. The van der Waals surface area contributed by atoms with Crippen molar-refractivity contribution in [1.29, 1.82) is 0 Å². The van der Waals surface area contributed by atoms with Crippen LogP contribution in [0.4, 0.5) is 11.5 Å². The Morgan fingerprint density at radius 2 is 1.84 bits per heavy atom. The standard InChI is InChI=1S/C23H22N6OS/c1-17-8-7-9-18(14-17)25-15-21-27-28-23(29(21)19-10-3-2-4-11-19)31-16-22(30)26-20-12-5-6-13-24-20/h2-14,25H,15-16H2,1H3,(H,24,26,30). The SMILES string of the molecule is Cc1cccc(NCc2nnc(SCC(=O)Nc3ccccn3)n2-c2ccccc2)c1. The van der Waals surface area contributed by atoms with E-state index in [2.05, 4.69) is 44.9 Å². The molecule has 2 heterocycles. The molecule has 7 nitrogen and oxygen atoms in total. The van der Waals surface area contributed by atoms with Gasteiger partial charge in [0, 0.05) is 17.6 Å². The molecule has 2 aromatic heterocycles. The Balaban J connectivity index is 1.50. The summed E-state index contributed by atoms with van der Waals surface area (Å²) < 4.78 is 1.97. The Kier molecular flexibility index (Phi) is 6.59. The summed E-state index contributed by atoms with van der Waals surface area (Å²) >= 11 is 1.34. The smallest absolute Gasteiger partial charge is 0.236 e. The maximum atomic E-state index is 12.3. The van der Waals surface area contributed by atoms with Gasteiger partial charge in [-0.15, -0.1) is 10.2 Å². The molecule has 156 valence electrons. The Morgan fingerprint density at radius 3 is 2.61 bits per heavy atom. The van der Waals surface area contributed by atoms with E-state index in [9.17, 15) is 4.79 Å². The number of para-hydroxylation sites is 1. The zero-order chi connectivity index (χ0) is 21.5. The van der Waals surface area contributed by atoms with Crippen molar-refractivity contribution in [2.45, 2.75) is 18.6 Å². The number of thioether (sulfide) groups is 1. The van der Waals surface area contributed by atoms with Crippen LogP contribution < -0.4 is 10.6 Å². The molecule has 0 aliphatic carbocycles. The maximum absolute atomic E-state index is 12.3. The fourth-order valence-corrected chi connectivity index (χ4v) is 3.80. The summed E-state index contributed by atoms with van der Waals surface area (Å²) in [6, 6.07) is 23.5. The van der Waals surface area contributed by atoms with E-state index < -0.39 is 0 Å². The number of carbonyl (C=O) groups is 1. The number of nitrogens with zero attached hydrogens (tertiary/aromatic N) is 4. The number of rotatable bonds is 8. The number of hydrogen-bond acceptors (Lipinski definition) is 6. The fourth-order valence-electron chi connectivity index (χ4n) is 3.03. The van der Waals surface area contributed by atoms with E-state index in [1.807, 2.05) is 53.1 Å². The van der Waals surface area contributed by atoms with Crippen LogP contribution >= 0.6 is 11.8 Å². The van der Waals surface area contributed by atoms with E-state index >= 15 is 0 Å². The van der Waals surface area contributed by atoms with Crippen molar-refractivity contribution in [2.75, 3.05) is 16.4 Å². The Hall–Kier alpha value is -3.65. The van der Waals surface area contributed by atoms with Gasteiger partial charge in [-0.05, 0) is 48.9 Å². The third-order valence-electron chi connectivity index (χ3n) is 4.45. The lowest BCUT2D eigenvalue weighted by Gasteiger charge is -2.11. The zero-order valence-electron chi connectivity index (χ0n) is 17.0. The van der Waals surface area contributed by atoms with Crippen molar-refractivity contribution in [2.24, 2.45) is 0 Å². The molecular weight excluding hydrogens is 408 g/mol. The highest BCUT2D eigenvalue weighted by Gasteiger charge is 2.16. The number of carbonyl (C=O) groups excluding carboxylic acids is 1. The van der Waals surface area contributed by atoms with Gasteiger partial charge in [-0.3, -0.25) is 9.36 Å². The fraction of sp³-hybridized carbons (Fsp3) is 0.130. The van der Waals surface area contributed by atoms with E-state index in [0.717, 1.165) is 17.2 Å². The highest BCUT2D eigenvalue weighted by atomic mass is 32.2. The van der Waals surface area contributed by atoms with E-state index in [4.69, 9.17) is 0 Å². The minimum atomic E-state index is -0.147. The van der Waals surface area contributed by atoms with Crippen LogP contribution in [0.25, 0.3) is 5.69 Å². The minimum Gasteiger partial charge on any atom is -0.378 e. The molecule has 1 amide bonds. The summed E-state index contributed by atoms with van der Waals surface area (Å²) in [5.74, 6) is 1.35. The number of aryl methyl sites for hydroxylation is 1. The van der Waals surface area contributed by atoms with Gasteiger partial charge in [-0.1, -0.05) is 48.2 Å². The summed E-state index contributed by atoms with van der Waals surface area (Å²) in [6.45, 7) is 2.56. The van der Waals surface area contributed by atoms with Crippen molar-refractivity contribution in [3.8, 4) is 5.69 Å². The summed E-state index contributed by atoms with van der Waals surface area (Å²) in [7, 11) is 0. The van der Waals surface area contributed by atoms with Crippen molar-refractivity contribution in [1.82, 2.24) is 19.7 Å². The Morgan fingerprint density at radius 1 is 1.00 bits per heavy atom. The molecule has 4 rings (SSSR count). The van der Waals surface area contributed by atoms with Gasteiger partial charge in [0.2, 0.25) is 5.91 Å².